The van der Waals surface area contributed by atoms with Crippen molar-refractivity contribution in [1.82, 2.24) is 14.2 Å². The molecule has 2 aromatic rings. The highest BCUT2D eigenvalue weighted by atomic mass is 32.2. The molecule has 35 heavy (non-hydrogen) atoms. The van der Waals surface area contributed by atoms with Crippen molar-refractivity contribution in [3.05, 3.63) is 33.8 Å². The number of carbonyl (C=O) groups excluding carboxylic acids is 2. The lowest BCUT2D eigenvalue weighted by Gasteiger charge is -2.29. The smallest absolute Gasteiger partial charge is 0.410 e. The van der Waals surface area contributed by atoms with E-state index in [-0.39, 0.29) is 22.7 Å². The minimum absolute atomic E-state index is 0.0417. The second kappa shape index (κ2) is 9.91. The Bertz CT molecular complexity index is 1270. The van der Waals surface area contributed by atoms with Crippen molar-refractivity contribution in [2.24, 2.45) is 0 Å². The van der Waals surface area contributed by atoms with Gasteiger partial charge in [0.15, 0.2) is 5.13 Å². The molecule has 0 fully saturated rings. The molecule has 2 amide bonds. The summed E-state index contributed by atoms with van der Waals surface area (Å²) in [6.07, 6.45) is 1.15. The van der Waals surface area contributed by atoms with Crippen LogP contribution in [-0.2, 0) is 32.5 Å². The lowest BCUT2D eigenvalue weighted by molar-refractivity contribution is -0.116. The summed E-state index contributed by atoms with van der Waals surface area (Å²) in [4.78, 5) is 31.7. The maximum Gasteiger partial charge on any atom is 0.410 e. The van der Waals surface area contributed by atoms with Crippen LogP contribution in [0.2, 0.25) is 0 Å². The zero-order chi connectivity index (χ0) is 26.1. The number of sulfonamides is 1. The number of nitrogens with two attached hydrogens (primary N) is 1. The number of nitrogens with one attached hydrogen (secondary N) is 2. The molecule has 1 aromatic carbocycles. The van der Waals surface area contributed by atoms with Crippen LogP contribution >= 0.6 is 11.3 Å². The summed E-state index contributed by atoms with van der Waals surface area (Å²) in [7, 11) is -2.79. The van der Waals surface area contributed by atoms with Crippen LogP contribution in [0.1, 0.15) is 42.5 Å². The number of carbonyl (C=O) groups is 2. The maximum absolute atomic E-state index is 13.0. The highest BCUT2D eigenvalue weighted by molar-refractivity contribution is 7.89. The summed E-state index contributed by atoms with van der Waals surface area (Å²) in [5.74, 6) is -0.565. The fourth-order valence-electron chi connectivity index (χ4n) is 3.47. The van der Waals surface area contributed by atoms with E-state index >= 15 is 0 Å². The molecule has 0 bridgehead atoms. The zero-order valence-corrected chi connectivity index (χ0v) is 22.0. The molecule has 11 nitrogen and oxygen atoms in total. The summed E-state index contributed by atoms with van der Waals surface area (Å²) in [6.45, 7) is 7.40. The molecule has 1 aliphatic rings. The third-order valence-electron chi connectivity index (χ3n) is 5.15. The molecular weight excluding hydrogens is 492 g/mol. The largest absolute Gasteiger partial charge is 0.444 e. The van der Waals surface area contributed by atoms with E-state index in [2.05, 4.69) is 10.3 Å². The Labute approximate surface area is 208 Å². The van der Waals surface area contributed by atoms with Crippen LogP contribution in [0.15, 0.2) is 17.0 Å². The third kappa shape index (κ3) is 6.16. The molecular formula is C22H30N6O5S2. The lowest BCUT2D eigenvalue weighted by Crippen LogP contribution is -2.39. The fraction of sp³-hybridized carbons (Fsp3) is 0.455. The van der Waals surface area contributed by atoms with E-state index in [1.54, 1.807) is 38.7 Å². The number of hydrogen-bond acceptors (Lipinski definition) is 9. The highest BCUT2D eigenvalue weighted by Gasteiger charge is 2.29. The van der Waals surface area contributed by atoms with Crippen LogP contribution in [0.3, 0.4) is 0 Å². The van der Waals surface area contributed by atoms with E-state index in [1.807, 2.05) is 0 Å². The average molecular weight is 523 g/mol. The van der Waals surface area contributed by atoms with E-state index in [0.29, 0.717) is 29.4 Å². The Hall–Kier alpha value is -3.03. The quantitative estimate of drug-likeness (QED) is 0.388. The average Bonchev–Trinajstić information content (AvgIpc) is 3.14. The molecule has 0 atom stereocenters. The van der Waals surface area contributed by atoms with Crippen molar-refractivity contribution in [2.45, 2.75) is 51.2 Å². The molecule has 3 rings (SSSR count). The van der Waals surface area contributed by atoms with Gasteiger partial charge in [0.1, 0.15) is 10.5 Å². The number of aromatic nitrogens is 1. The predicted molar refractivity (Wildman–Crippen MR) is 134 cm³/mol. The summed E-state index contributed by atoms with van der Waals surface area (Å²) in [5.41, 5.74) is 6.91. The second-order valence-electron chi connectivity index (χ2n) is 9.26. The van der Waals surface area contributed by atoms with Crippen molar-refractivity contribution in [2.75, 3.05) is 31.2 Å². The Balaban J connectivity index is 1.68. The van der Waals surface area contributed by atoms with Gasteiger partial charge in [0.25, 0.3) is 0 Å². The summed E-state index contributed by atoms with van der Waals surface area (Å²) >= 11 is 1.30. The summed E-state index contributed by atoms with van der Waals surface area (Å²) in [6, 6.07) is 3.03. The number of ether oxygens (including phenoxy) is 1. The lowest BCUT2D eigenvalue weighted by atomic mass is 10.1. The number of likely N-dealkylation sites (N-methyl/N-ethyl adjacent to an activating group) is 1. The first-order valence-electron chi connectivity index (χ1n) is 10.8. The van der Waals surface area contributed by atoms with Crippen molar-refractivity contribution in [3.8, 4) is 0 Å². The topological polar surface area (TPSA) is 159 Å². The van der Waals surface area contributed by atoms with Gasteiger partial charge in [-0.2, -0.15) is 4.31 Å². The minimum atomic E-state index is -4.08. The van der Waals surface area contributed by atoms with Gasteiger partial charge in [-0.15, -0.1) is 11.3 Å². The number of nitrogen functional groups attached to an aromatic ring is 1. The number of aryl methyl sites for hydroxylation is 1. The number of anilines is 2. The number of amides is 2. The first kappa shape index (κ1) is 26.6. The monoisotopic (exact) mass is 522 g/mol. The van der Waals surface area contributed by atoms with Gasteiger partial charge < -0.3 is 26.1 Å². The van der Waals surface area contributed by atoms with E-state index in [9.17, 15) is 18.0 Å². The maximum atomic E-state index is 13.0. The van der Waals surface area contributed by atoms with Crippen LogP contribution in [0.25, 0.3) is 0 Å². The van der Waals surface area contributed by atoms with E-state index in [0.717, 1.165) is 15.4 Å². The number of rotatable bonds is 6. The minimum Gasteiger partial charge on any atom is -0.444 e. The van der Waals surface area contributed by atoms with Crippen LogP contribution in [0.5, 0.6) is 0 Å². The second-order valence-corrected chi connectivity index (χ2v) is 12.4. The molecule has 0 spiro atoms. The van der Waals surface area contributed by atoms with Gasteiger partial charge in [0, 0.05) is 36.7 Å². The molecule has 0 saturated heterocycles. The predicted octanol–water partition coefficient (Wildman–Crippen LogP) is 2.58. The van der Waals surface area contributed by atoms with Crippen molar-refractivity contribution in [1.29, 1.82) is 5.41 Å². The first-order valence-corrected chi connectivity index (χ1v) is 13.1. The Morgan fingerprint density at radius 1 is 1.37 bits per heavy atom. The number of nitrogens with zero attached hydrogens (tertiary/aromatic N) is 3. The van der Waals surface area contributed by atoms with Crippen LogP contribution < -0.4 is 11.1 Å². The standard InChI is InChI=1S/C22H30N6O5S2/c1-13-8-14(10-23)19(24)17(9-13)35(31,32)27(5)12-18(29)26-20-25-15-11-28(7-6-16(15)34-20)21(30)33-22(2,3)4/h8-10,23H,6-7,11-12,24H2,1-5H3,(H,25,26,29). The molecule has 1 aliphatic heterocycles. The van der Waals surface area contributed by atoms with Gasteiger partial charge in [-0.3, -0.25) is 4.79 Å². The number of fused-ring (bicyclic) bond motifs is 1. The van der Waals surface area contributed by atoms with Crippen molar-refractivity contribution >= 4 is 50.4 Å². The first-order chi connectivity index (χ1) is 16.2. The van der Waals surface area contributed by atoms with Crippen LogP contribution in [-0.4, -0.2) is 66.6 Å². The molecule has 190 valence electrons. The molecule has 2 heterocycles. The Morgan fingerprint density at radius 2 is 2.06 bits per heavy atom. The van der Waals surface area contributed by atoms with E-state index < -0.39 is 34.2 Å². The third-order valence-corrected chi connectivity index (χ3v) is 8.07. The molecule has 0 radical (unpaired) electrons. The van der Waals surface area contributed by atoms with Crippen molar-refractivity contribution < 1.29 is 22.7 Å². The molecule has 13 heteroatoms. The highest BCUT2D eigenvalue weighted by Crippen LogP contribution is 2.29. The summed E-state index contributed by atoms with van der Waals surface area (Å²) < 4.78 is 32.4. The van der Waals surface area contributed by atoms with Crippen molar-refractivity contribution in [3.63, 3.8) is 0 Å². The van der Waals surface area contributed by atoms with Gasteiger partial charge in [-0.05, 0) is 45.4 Å². The van der Waals surface area contributed by atoms with Gasteiger partial charge in [-0.25, -0.2) is 18.2 Å². The molecule has 4 N–H and O–H groups in total. The van der Waals surface area contributed by atoms with Crippen LogP contribution in [0, 0.1) is 12.3 Å². The van der Waals surface area contributed by atoms with Gasteiger partial charge >= 0.3 is 6.09 Å². The van der Waals surface area contributed by atoms with Gasteiger partial charge in [0.2, 0.25) is 15.9 Å². The number of thiazole rings is 1. The normalized spacial score (nSPS) is 13.9. The van der Waals surface area contributed by atoms with Gasteiger partial charge in [0.05, 0.1) is 24.5 Å². The molecule has 1 aromatic heterocycles. The Morgan fingerprint density at radius 3 is 2.69 bits per heavy atom. The SMILES string of the molecule is Cc1cc(C=N)c(N)c(S(=O)(=O)N(C)CC(=O)Nc2nc3c(s2)CCN(C(=O)OC(C)(C)C)C3)c1. The molecule has 0 saturated carbocycles. The molecule has 0 aliphatic carbocycles. The molecule has 0 unspecified atom stereocenters. The summed E-state index contributed by atoms with van der Waals surface area (Å²) in [5, 5.41) is 10.4. The fourth-order valence-corrected chi connectivity index (χ4v) is 5.80. The van der Waals surface area contributed by atoms with Crippen LogP contribution in [0.4, 0.5) is 15.6 Å². The number of hydrogen-bond donors (Lipinski definition) is 3. The zero-order valence-electron chi connectivity index (χ0n) is 20.3. The van der Waals surface area contributed by atoms with Gasteiger partial charge in [-0.1, -0.05) is 0 Å². The van der Waals surface area contributed by atoms with E-state index in [4.69, 9.17) is 15.9 Å². The Kier molecular flexibility index (Phi) is 7.53. The number of benzene rings is 1. The van der Waals surface area contributed by atoms with E-state index in [1.165, 1.54) is 24.5 Å².